The number of fused-ring (bicyclic) bond motifs is 1. The number of para-hydroxylation sites is 1. The fraction of sp³-hybridized carbons (Fsp3) is 0. The number of benzene rings is 3. The summed E-state index contributed by atoms with van der Waals surface area (Å²) in [5.41, 5.74) is 16.9. The summed E-state index contributed by atoms with van der Waals surface area (Å²) in [5, 5.41) is 20.5. The normalized spacial score (nSPS) is 11.0. The monoisotopic (exact) mass is 331 g/mol. The van der Waals surface area contributed by atoms with Crippen LogP contribution in [0.5, 0.6) is 11.5 Å². The van der Waals surface area contributed by atoms with E-state index in [0.717, 1.165) is 33.3 Å². The van der Waals surface area contributed by atoms with Crippen LogP contribution in [-0.4, -0.2) is 15.2 Å². The van der Waals surface area contributed by atoms with E-state index in [1.54, 1.807) is 24.3 Å². The molecule has 0 aliphatic rings. The SMILES string of the molecule is Nc1cc(-c2[nH]c3ccccc3c2-c2ccc(O)c(N)c2)ccc1O. The quantitative estimate of drug-likeness (QED) is 0.282. The molecule has 0 bridgehead atoms. The van der Waals surface area contributed by atoms with Gasteiger partial charge in [0.25, 0.3) is 0 Å². The molecular weight excluding hydrogens is 314 g/mol. The van der Waals surface area contributed by atoms with E-state index in [2.05, 4.69) is 4.98 Å². The molecule has 3 aromatic carbocycles. The maximum atomic E-state index is 9.73. The first-order chi connectivity index (χ1) is 12.0. The number of H-pyrrole nitrogens is 1. The van der Waals surface area contributed by atoms with Crippen LogP contribution in [0.1, 0.15) is 0 Å². The van der Waals surface area contributed by atoms with E-state index >= 15 is 0 Å². The van der Waals surface area contributed by atoms with Crippen LogP contribution in [0.25, 0.3) is 33.3 Å². The van der Waals surface area contributed by atoms with Crippen molar-refractivity contribution in [2.24, 2.45) is 0 Å². The van der Waals surface area contributed by atoms with Gasteiger partial charge in [-0.1, -0.05) is 24.3 Å². The van der Waals surface area contributed by atoms with Gasteiger partial charge in [-0.05, 0) is 42.0 Å². The molecule has 0 saturated heterocycles. The molecule has 0 spiro atoms. The minimum Gasteiger partial charge on any atom is -0.506 e. The number of hydrogen-bond acceptors (Lipinski definition) is 4. The Bertz CT molecular complexity index is 1100. The number of aromatic amines is 1. The summed E-state index contributed by atoms with van der Waals surface area (Å²) in [6, 6.07) is 18.2. The van der Waals surface area contributed by atoms with E-state index in [4.69, 9.17) is 11.5 Å². The van der Waals surface area contributed by atoms with Gasteiger partial charge in [0, 0.05) is 22.0 Å². The van der Waals surface area contributed by atoms with Crippen molar-refractivity contribution in [3.8, 4) is 33.9 Å². The summed E-state index contributed by atoms with van der Waals surface area (Å²) < 4.78 is 0. The molecule has 4 aromatic rings. The number of nitrogens with one attached hydrogen (secondary N) is 1. The number of hydrogen-bond donors (Lipinski definition) is 5. The molecule has 4 rings (SSSR count). The van der Waals surface area contributed by atoms with Crippen molar-refractivity contribution >= 4 is 22.3 Å². The van der Waals surface area contributed by atoms with Crippen LogP contribution >= 0.6 is 0 Å². The van der Waals surface area contributed by atoms with Gasteiger partial charge in [0.15, 0.2) is 0 Å². The van der Waals surface area contributed by atoms with Crippen molar-refractivity contribution in [3.63, 3.8) is 0 Å². The third-order valence-electron chi connectivity index (χ3n) is 4.34. The van der Waals surface area contributed by atoms with Crippen LogP contribution in [0.2, 0.25) is 0 Å². The summed E-state index contributed by atoms with van der Waals surface area (Å²) in [4.78, 5) is 3.42. The van der Waals surface area contributed by atoms with Gasteiger partial charge in [0.1, 0.15) is 11.5 Å². The lowest BCUT2D eigenvalue weighted by Gasteiger charge is -2.09. The molecule has 5 heteroatoms. The molecule has 25 heavy (non-hydrogen) atoms. The Morgan fingerprint density at radius 1 is 0.720 bits per heavy atom. The lowest BCUT2D eigenvalue weighted by Crippen LogP contribution is -1.90. The van der Waals surface area contributed by atoms with Crippen molar-refractivity contribution in [3.05, 3.63) is 60.7 Å². The number of nitrogens with two attached hydrogens (primary N) is 2. The summed E-state index contributed by atoms with van der Waals surface area (Å²) in [7, 11) is 0. The minimum absolute atomic E-state index is 0.0512. The van der Waals surface area contributed by atoms with Gasteiger partial charge in [0.2, 0.25) is 0 Å². The second kappa shape index (κ2) is 5.49. The van der Waals surface area contributed by atoms with E-state index in [1.807, 2.05) is 36.4 Å². The summed E-state index contributed by atoms with van der Waals surface area (Å²) in [6.45, 7) is 0. The van der Waals surface area contributed by atoms with Crippen LogP contribution in [0.3, 0.4) is 0 Å². The van der Waals surface area contributed by atoms with E-state index in [9.17, 15) is 10.2 Å². The summed E-state index contributed by atoms with van der Waals surface area (Å²) in [6.07, 6.45) is 0. The molecule has 7 N–H and O–H groups in total. The molecule has 1 heterocycles. The van der Waals surface area contributed by atoms with Crippen LogP contribution in [0, 0.1) is 0 Å². The van der Waals surface area contributed by atoms with Gasteiger partial charge in [0.05, 0.1) is 17.1 Å². The molecule has 0 aliphatic heterocycles. The van der Waals surface area contributed by atoms with Gasteiger partial charge in [-0.2, -0.15) is 0 Å². The number of aromatic hydroxyl groups is 2. The second-order valence-electron chi connectivity index (χ2n) is 5.97. The number of nitrogen functional groups attached to an aromatic ring is 2. The highest BCUT2D eigenvalue weighted by Crippen LogP contribution is 2.41. The van der Waals surface area contributed by atoms with Gasteiger partial charge in [-0.3, -0.25) is 0 Å². The van der Waals surface area contributed by atoms with Gasteiger partial charge in [-0.15, -0.1) is 0 Å². The predicted octanol–water partition coefficient (Wildman–Crippen LogP) is 4.08. The molecule has 0 fully saturated rings. The molecule has 0 unspecified atom stereocenters. The lowest BCUT2D eigenvalue weighted by atomic mass is 9.97. The van der Waals surface area contributed by atoms with Crippen molar-refractivity contribution in [1.29, 1.82) is 0 Å². The van der Waals surface area contributed by atoms with Crippen molar-refractivity contribution in [2.75, 3.05) is 11.5 Å². The zero-order valence-electron chi connectivity index (χ0n) is 13.3. The Kier molecular flexibility index (Phi) is 3.28. The van der Waals surface area contributed by atoms with E-state index in [0.29, 0.717) is 11.4 Å². The summed E-state index contributed by atoms with van der Waals surface area (Å²) in [5.74, 6) is 0.106. The Morgan fingerprint density at radius 2 is 1.32 bits per heavy atom. The van der Waals surface area contributed by atoms with E-state index < -0.39 is 0 Å². The first-order valence-corrected chi connectivity index (χ1v) is 7.83. The van der Waals surface area contributed by atoms with Crippen molar-refractivity contribution in [1.82, 2.24) is 4.98 Å². The number of anilines is 2. The van der Waals surface area contributed by atoms with Crippen LogP contribution < -0.4 is 11.5 Å². The Hall–Kier alpha value is -3.60. The van der Waals surface area contributed by atoms with Crippen LogP contribution in [0.4, 0.5) is 11.4 Å². The number of rotatable bonds is 2. The standard InChI is InChI=1S/C20H17N3O2/c21-14-9-11(5-7-17(14)24)19-13-3-1-2-4-16(13)23-20(19)12-6-8-18(25)15(22)10-12/h1-10,23-25H,21-22H2. The summed E-state index contributed by atoms with van der Waals surface area (Å²) >= 11 is 0. The molecule has 1 aromatic heterocycles. The number of aromatic nitrogens is 1. The fourth-order valence-electron chi connectivity index (χ4n) is 3.08. The smallest absolute Gasteiger partial charge is 0.138 e. The maximum absolute atomic E-state index is 9.73. The van der Waals surface area contributed by atoms with E-state index in [-0.39, 0.29) is 11.5 Å². The van der Waals surface area contributed by atoms with Gasteiger partial charge in [-0.25, -0.2) is 0 Å². The highest BCUT2D eigenvalue weighted by atomic mass is 16.3. The van der Waals surface area contributed by atoms with Crippen molar-refractivity contribution < 1.29 is 10.2 Å². The fourth-order valence-corrected chi connectivity index (χ4v) is 3.08. The lowest BCUT2D eigenvalue weighted by molar-refractivity contribution is 0.477. The van der Waals surface area contributed by atoms with Crippen LogP contribution in [-0.2, 0) is 0 Å². The molecule has 0 aliphatic carbocycles. The molecule has 5 nitrogen and oxygen atoms in total. The molecule has 0 saturated carbocycles. The third kappa shape index (κ3) is 2.42. The molecule has 0 atom stereocenters. The Balaban J connectivity index is 2.04. The number of phenolic OH excluding ortho intramolecular Hbond substituents is 2. The van der Waals surface area contributed by atoms with Gasteiger partial charge >= 0.3 is 0 Å². The first-order valence-electron chi connectivity index (χ1n) is 7.83. The predicted molar refractivity (Wildman–Crippen MR) is 101 cm³/mol. The third-order valence-corrected chi connectivity index (χ3v) is 4.34. The van der Waals surface area contributed by atoms with Gasteiger partial charge < -0.3 is 26.7 Å². The average molecular weight is 331 g/mol. The largest absolute Gasteiger partial charge is 0.506 e. The number of phenols is 2. The van der Waals surface area contributed by atoms with Crippen molar-refractivity contribution in [2.45, 2.75) is 0 Å². The zero-order valence-corrected chi connectivity index (χ0v) is 13.3. The first kappa shape index (κ1) is 15.0. The average Bonchev–Trinajstić information content (AvgIpc) is 2.99. The maximum Gasteiger partial charge on any atom is 0.138 e. The zero-order chi connectivity index (χ0) is 17.6. The Labute approximate surface area is 144 Å². The Morgan fingerprint density at radius 3 is 2.00 bits per heavy atom. The molecular formula is C20H17N3O2. The molecule has 0 amide bonds. The van der Waals surface area contributed by atoms with Crippen LogP contribution in [0.15, 0.2) is 60.7 Å². The topological polar surface area (TPSA) is 108 Å². The molecule has 0 radical (unpaired) electrons. The highest BCUT2D eigenvalue weighted by molar-refractivity contribution is 6.04. The highest BCUT2D eigenvalue weighted by Gasteiger charge is 2.16. The molecule has 124 valence electrons. The second-order valence-corrected chi connectivity index (χ2v) is 5.97. The minimum atomic E-state index is 0.0512. The van der Waals surface area contributed by atoms with E-state index in [1.165, 1.54) is 0 Å².